The van der Waals surface area contributed by atoms with Crippen molar-refractivity contribution in [2.45, 2.75) is 4.90 Å². The first-order chi connectivity index (χ1) is 6.24. The fourth-order valence-electron chi connectivity index (χ4n) is 0.948. The molecule has 0 aromatic heterocycles. The molecule has 0 radical (unpaired) electrons. The first kappa shape index (κ1) is 9.92. The maximum Gasteiger partial charge on any atom is 0.227 e. The van der Waals surface area contributed by atoms with Crippen LogP contribution in [0.5, 0.6) is 0 Å². The van der Waals surface area contributed by atoms with E-state index >= 15 is 0 Å². The number of anilines is 1. The summed E-state index contributed by atoms with van der Waals surface area (Å²) in [5.41, 5.74) is 6.07. The van der Waals surface area contributed by atoms with E-state index < -0.39 is 0 Å². The van der Waals surface area contributed by atoms with Crippen molar-refractivity contribution in [1.82, 2.24) is 0 Å². The number of nitrogens with one attached hydrogen (secondary N) is 1. The molecule has 0 fully saturated rings. The van der Waals surface area contributed by atoms with E-state index in [1.54, 1.807) is 0 Å². The molecule has 0 spiro atoms. The third-order valence-electron chi connectivity index (χ3n) is 1.53. The highest BCUT2D eigenvalue weighted by Crippen LogP contribution is 2.25. The maximum absolute atomic E-state index is 10.6. The van der Waals surface area contributed by atoms with Crippen LogP contribution in [0.4, 0.5) is 5.69 Å². The van der Waals surface area contributed by atoms with E-state index in [9.17, 15) is 4.79 Å². The molecule has 1 aromatic rings. The van der Waals surface area contributed by atoms with E-state index in [-0.39, 0.29) is 5.91 Å². The molecule has 0 bridgehead atoms. The van der Waals surface area contributed by atoms with Crippen molar-refractivity contribution in [3.8, 4) is 0 Å². The van der Waals surface area contributed by atoms with Gasteiger partial charge in [0.25, 0.3) is 0 Å². The lowest BCUT2D eigenvalue weighted by atomic mass is 10.3. The molecule has 0 aliphatic carbocycles. The van der Waals surface area contributed by atoms with Crippen LogP contribution >= 0.6 is 11.8 Å². The number of rotatable bonds is 4. The van der Waals surface area contributed by atoms with E-state index in [0.717, 1.165) is 10.6 Å². The molecule has 0 heterocycles. The number of primary amides is 1. The standard InChI is InChI=1S/C9H12N2OS/c1-11-7-4-2-3-5-8(7)13-6-9(10)12/h2-5,11H,6H2,1H3,(H2,10,12). The molecule has 1 amide bonds. The highest BCUT2D eigenvalue weighted by molar-refractivity contribution is 8.00. The average Bonchev–Trinajstić information content (AvgIpc) is 2.15. The van der Waals surface area contributed by atoms with Gasteiger partial charge in [-0.1, -0.05) is 12.1 Å². The molecule has 1 rings (SSSR count). The number of carbonyl (C=O) groups excluding carboxylic acids is 1. The van der Waals surface area contributed by atoms with Crippen molar-refractivity contribution in [2.24, 2.45) is 5.73 Å². The highest BCUT2D eigenvalue weighted by atomic mass is 32.2. The van der Waals surface area contributed by atoms with Crippen molar-refractivity contribution in [3.05, 3.63) is 24.3 Å². The zero-order valence-electron chi connectivity index (χ0n) is 7.41. The van der Waals surface area contributed by atoms with Crippen LogP contribution in [-0.2, 0) is 4.79 Å². The molecule has 3 N–H and O–H groups in total. The van der Waals surface area contributed by atoms with Crippen molar-refractivity contribution in [1.29, 1.82) is 0 Å². The predicted molar refractivity (Wildman–Crippen MR) is 55.9 cm³/mol. The van der Waals surface area contributed by atoms with Crippen molar-refractivity contribution in [3.63, 3.8) is 0 Å². The first-order valence-electron chi connectivity index (χ1n) is 3.92. The van der Waals surface area contributed by atoms with Crippen LogP contribution in [0.1, 0.15) is 0 Å². The van der Waals surface area contributed by atoms with Crippen LogP contribution < -0.4 is 11.1 Å². The Morgan fingerprint density at radius 1 is 1.54 bits per heavy atom. The second-order valence-electron chi connectivity index (χ2n) is 2.50. The van der Waals surface area contributed by atoms with Gasteiger partial charge in [-0.2, -0.15) is 0 Å². The smallest absolute Gasteiger partial charge is 0.227 e. The second kappa shape index (κ2) is 4.77. The number of hydrogen-bond donors (Lipinski definition) is 2. The van der Waals surface area contributed by atoms with Gasteiger partial charge in [0.15, 0.2) is 0 Å². The van der Waals surface area contributed by atoms with Crippen molar-refractivity contribution in [2.75, 3.05) is 18.1 Å². The van der Waals surface area contributed by atoms with Crippen LogP contribution in [0, 0.1) is 0 Å². The van der Waals surface area contributed by atoms with Gasteiger partial charge in [-0.25, -0.2) is 0 Å². The summed E-state index contributed by atoms with van der Waals surface area (Å²) in [6.45, 7) is 0. The lowest BCUT2D eigenvalue weighted by molar-refractivity contribution is -0.115. The largest absolute Gasteiger partial charge is 0.387 e. The molecule has 70 valence electrons. The van der Waals surface area contributed by atoms with Gasteiger partial charge >= 0.3 is 0 Å². The highest BCUT2D eigenvalue weighted by Gasteiger charge is 2.01. The summed E-state index contributed by atoms with van der Waals surface area (Å²) in [6.07, 6.45) is 0. The minimum Gasteiger partial charge on any atom is -0.387 e. The predicted octanol–water partition coefficient (Wildman–Crippen LogP) is 1.31. The molecule has 1 aromatic carbocycles. The van der Waals surface area contributed by atoms with Crippen molar-refractivity contribution >= 4 is 23.4 Å². The number of amides is 1. The topological polar surface area (TPSA) is 55.1 Å². The fourth-order valence-corrected chi connectivity index (χ4v) is 1.75. The number of thioether (sulfide) groups is 1. The quantitative estimate of drug-likeness (QED) is 0.714. The Labute approximate surface area is 81.7 Å². The molecule has 0 aliphatic heterocycles. The Balaban J connectivity index is 2.69. The Hall–Kier alpha value is -1.16. The normalized spacial score (nSPS) is 9.62. The van der Waals surface area contributed by atoms with E-state index in [4.69, 9.17) is 5.73 Å². The van der Waals surface area contributed by atoms with Gasteiger partial charge in [0.2, 0.25) is 5.91 Å². The lowest BCUT2D eigenvalue weighted by Gasteiger charge is -2.06. The zero-order valence-corrected chi connectivity index (χ0v) is 8.23. The third-order valence-corrected chi connectivity index (χ3v) is 2.62. The van der Waals surface area contributed by atoms with E-state index in [2.05, 4.69) is 5.32 Å². The molecular weight excluding hydrogens is 184 g/mol. The molecule has 0 unspecified atom stereocenters. The fraction of sp³-hybridized carbons (Fsp3) is 0.222. The summed E-state index contributed by atoms with van der Waals surface area (Å²) in [6, 6.07) is 7.80. The minimum atomic E-state index is -0.295. The Bertz CT molecular complexity index is 301. The number of hydrogen-bond acceptors (Lipinski definition) is 3. The number of nitrogens with two attached hydrogens (primary N) is 1. The molecule has 0 saturated carbocycles. The van der Waals surface area contributed by atoms with Gasteiger partial charge in [0, 0.05) is 17.6 Å². The zero-order chi connectivity index (χ0) is 9.68. The Kier molecular flexibility index (Phi) is 3.64. The van der Waals surface area contributed by atoms with Gasteiger partial charge in [-0.15, -0.1) is 11.8 Å². The van der Waals surface area contributed by atoms with Gasteiger partial charge in [0.1, 0.15) is 0 Å². The summed E-state index contributed by atoms with van der Waals surface area (Å²) >= 11 is 1.44. The summed E-state index contributed by atoms with van der Waals surface area (Å²) < 4.78 is 0. The summed E-state index contributed by atoms with van der Waals surface area (Å²) in [5.74, 6) is 0.0227. The van der Waals surface area contributed by atoms with Crippen LogP contribution in [0.2, 0.25) is 0 Å². The molecule has 4 heteroatoms. The van der Waals surface area contributed by atoms with E-state index in [1.165, 1.54) is 11.8 Å². The maximum atomic E-state index is 10.6. The summed E-state index contributed by atoms with van der Waals surface area (Å²) in [7, 11) is 1.85. The molecule has 13 heavy (non-hydrogen) atoms. The van der Waals surface area contributed by atoms with Gasteiger partial charge in [0.05, 0.1) is 5.75 Å². The molecule has 3 nitrogen and oxygen atoms in total. The molecule has 0 aliphatic rings. The summed E-state index contributed by atoms with van der Waals surface area (Å²) in [5, 5.41) is 3.05. The van der Waals surface area contributed by atoms with Gasteiger partial charge in [-0.05, 0) is 12.1 Å². The number of benzene rings is 1. The SMILES string of the molecule is CNc1ccccc1SCC(N)=O. The third kappa shape index (κ3) is 2.99. The lowest BCUT2D eigenvalue weighted by Crippen LogP contribution is -2.13. The van der Waals surface area contributed by atoms with Gasteiger partial charge < -0.3 is 11.1 Å². The second-order valence-corrected chi connectivity index (χ2v) is 3.52. The van der Waals surface area contributed by atoms with Crippen LogP contribution in [-0.4, -0.2) is 18.7 Å². The van der Waals surface area contributed by atoms with Crippen LogP contribution in [0.3, 0.4) is 0 Å². The first-order valence-corrected chi connectivity index (χ1v) is 4.90. The number of carbonyl (C=O) groups is 1. The van der Waals surface area contributed by atoms with E-state index in [1.807, 2.05) is 31.3 Å². The molecular formula is C9H12N2OS. The van der Waals surface area contributed by atoms with Gasteiger partial charge in [-0.3, -0.25) is 4.79 Å². The Morgan fingerprint density at radius 3 is 2.85 bits per heavy atom. The monoisotopic (exact) mass is 196 g/mol. The molecule has 0 atom stereocenters. The average molecular weight is 196 g/mol. The van der Waals surface area contributed by atoms with Crippen LogP contribution in [0.25, 0.3) is 0 Å². The minimum absolute atomic E-state index is 0.295. The van der Waals surface area contributed by atoms with Crippen LogP contribution in [0.15, 0.2) is 29.2 Å². The van der Waals surface area contributed by atoms with Crippen molar-refractivity contribution < 1.29 is 4.79 Å². The molecule has 0 saturated heterocycles. The Morgan fingerprint density at radius 2 is 2.23 bits per heavy atom. The van der Waals surface area contributed by atoms with E-state index in [0.29, 0.717) is 5.75 Å². The number of para-hydroxylation sites is 1. The summed E-state index contributed by atoms with van der Waals surface area (Å²) in [4.78, 5) is 11.6.